The molecule has 0 saturated heterocycles. The summed E-state index contributed by atoms with van der Waals surface area (Å²) in [5.74, 6) is -10.5. The first kappa shape index (κ1) is 32.6. The molecule has 2 heterocycles. The first-order valence-corrected chi connectivity index (χ1v) is 15.8. The topological polar surface area (TPSA) is 71.2 Å². The molecule has 0 radical (unpaired) electrons. The minimum absolute atomic E-state index is 0.00695. The summed E-state index contributed by atoms with van der Waals surface area (Å²) in [6, 6.07) is 29.7. The highest BCUT2D eigenvalue weighted by Gasteiger charge is 2.29. The van der Waals surface area contributed by atoms with Crippen molar-refractivity contribution < 1.29 is 22.0 Å². The van der Waals surface area contributed by atoms with Gasteiger partial charge >= 0.3 is 0 Å². The lowest BCUT2D eigenvalue weighted by atomic mass is 9.91. The fraction of sp³-hybridized carbons (Fsp3) is 0. The van der Waals surface area contributed by atoms with Gasteiger partial charge in [-0.25, -0.2) is 46.6 Å². The van der Waals surface area contributed by atoms with Crippen molar-refractivity contribution in [3.8, 4) is 51.0 Å². The first-order chi connectivity index (χ1) is 25.7. The molecule has 0 aliphatic carbocycles. The third-order valence-corrected chi connectivity index (χ3v) is 8.92. The van der Waals surface area contributed by atoms with Gasteiger partial charge < -0.3 is 0 Å². The van der Waals surface area contributed by atoms with Gasteiger partial charge in [0, 0.05) is 27.3 Å². The maximum Gasteiger partial charge on any atom is 0.200 e. The van der Waals surface area contributed by atoms with Gasteiger partial charge in [0.05, 0.1) is 64.0 Å². The van der Waals surface area contributed by atoms with Crippen LogP contribution in [0.2, 0.25) is 0 Å². The highest BCUT2D eigenvalue weighted by Crippen LogP contribution is 2.46. The third kappa shape index (κ3) is 5.17. The molecule has 6 aromatic carbocycles. The summed E-state index contributed by atoms with van der Waals surface area (Å²) in [7, 11) is 0. The summed E-state index contributed by atoms with van der Waals surface area (Å²) >= 11 is 0. The van der Waals surface area contributed by atoms with Crippen LogP contribution in [0.25, 0.3) is 87.3 Å². The molecule has 6 nitrogen and oxygen atoms in total. The van der Waals surface area contributed by atoms with Crippen molar-refractivity contribution in [1.82, 2.24) is 15.0 Å². The zero-order valence-corrected chi connectivity index (χ0v) is 26.9. The van der Waals surface area contributed by atoms with E-state index in [0.29, 0.717) is 61.1 Å². The van der Waals surface area contributed by atoms with Crippen LogP contribution in [0.3, 0.4) is 0 Å². The fourth-order valence-corrected chi connectivity index (χ4v) is 6.47. The number of rotatable bonds is 4. The summed E-state index contributed by atoms with van der Waals surface area (Å²) in [6.45, 7) is 15.6. The summed E-state index contributed by atoms with van der Waals surface area (Å²) in [5, 5.41) is 10.6. The predicted octanol–water partition coefficient (Wildman–Crippen LogP) is 11.7. The van der Waals surface area contributed by atoms with E-state index in [1.165, 1.54) is 30.3 Å². The van der Waals surface area contributed by atoms with Gasteiger partial charge in [-0.3, -0.25) is 0 Å². The second-order valence-electron chi connectivity index (χ2n) is 11.9. The SMILES string of the molecule is [C-]#[N+]c1ccc(-c2nc3cc([N+]#[C-])c4c(-c5ccccc5-c5c(F)c(F)c(F)c(F)c5F)nc5ccccc5c4c3nc2-c2ccc(C#N)cc2)cc1. The molecule has 11 heteroatoms. The van der Waals surface area contributed by atoms with Crippen LogP contribution in [0.15, 0.2) is 103 Å². The van der Waals surface area contributed by atoms with E-state index in [4.69, 9.17) is 28.1 Å². The van der Waals surface area contributed by atoms with E-state index in [2.05, 4.69) is 15.8 Å². The van der Waals surface area contributed by atoms with Crippen LogP contribution in [0.5, 0.6) is 0 Å². The number of aromatic nitrogens is 3. The average Bonchev–Trinajstić information content (AvgIpc) is 3.21. The Morgan fingerprint density at radius 3 is 1.75 bits per heavy atom. The number of pyridine rings is 1. The number of halogens is 5. The quantitative estimate of drug-likeness (QED) is 0.0602. The van der Waals surface area contributed by atoms with E-state index in [1.807, 2.05) is 0 Å². The molecule has 2 aromatic heterocycles. The maximum atomic E-state index is 15.3. The van der Waals surface area contributed by atoms with Crippen molar-refractivity contribution in [1.29, 1.82) is 5.26 Å². The van der Waals surface area contributed by atoms with E-state index in [1.54, 1.807) is 72.8 Å². The monoisotopic (exact) mass is 700 g/mol. The maximum absolute atomic E-state index is 15.3. The highest BCUT2D eigenvalue weighted by molar-refractivity contribution is 6.25. The van der Waals surface area contributed by atoms with Crippen molar-refractivity contribution in [3.63, 3.8) is 0 Å². The Bertz CT molecular complexity index is 2950. The Kier molecular flexibility index (Phi) is 7.79. The molecule has 0 fully saturated rings. The van der Waals surface area contributed by atoms with Gasteiger partial charge in [0.25, 0.3) is 0 Å². The molecule has 250 valence electrons. The van der Waals surface area contributed by atoms with Crippen LogP contribution in [-0.4, -0.2) is 15.0 Å². The van der Waals surface area contributed by atoms with E-state index < -0.39 is 34.6 Å². The van der Waals surface area contributed by atoms with Gasteiger partial charge in [0.2, 0.25) is 5.82 Å². The summed E-state index contributed by atoms with van der Waals surface area (Å²) in [5.41, 5.74) is 2.62. The Morgan fingerprint density at radius 2 is 1.11 bits per heavy atom. The predicted molar refractivity (Wildman–Crippen MR) is 191 cm³/mol. The van der Waals surface area contributed by atoms with Crippen molar-refractivity contribution >= 4 is 44.1 Å². The summed E-state index contributed by atoms with van der Waals surface area (Å²) < 4.78 is 73.9. The lowest BCUT2D eigenvalue weighted by Gasteiger charge is -2.18. The van der Waals surface area contributed by atoms with Crippen LogP contribution >= 0.6 is 0 Å². The molecule has 0 unspecified atom stereocenters. The van der Waals surface area contributed by atoms with E-state index >= 15 is 8.78 Å². The van der Waals surface area contributed by atoms with Crippen molar-refractivity contribution in [2.24, 2.45) is 0 Å². The fourth-order valence-electron chi connectivity index (χ4n) is 6.47. The molecule has 53 heavy (non-hydrogen) atoms. The van der Waals surface area contributed by atoms with Crippen LogP contribution in [0.1, 0.15) is 5.56 Å². The van der Waals surface area contributed by atoms with Crippen molar-refractivity contribution in [2.45, 2.75) is 0 Å². The molecule has 0 saturated carbocycles. The Morgan fingerprint density at radius 1 is 0.547 bits per heavy atom. The van der Waals surface area contributed by atoms with Crippen LogP contribution in [0, 0.1) is 53.6 Å². The summed E-state index contributed by atoms with van der Waals surface area (Å²) in [6.07, 6.45) is 0. The normalized spacial score (nSPS) is 11.1. The molecule has 0 bridgehead atoms. The van der Waals surface area contributed by atoms with E-state index in [-0.39, 0.29) is 27.9 Å². The second-order valence-corrected chi connectivity index (χ2v) is 11.9. The Balaban J connectivity index is 1.53. The number of hydrogen-bond donors (Lipinski definition) is 0. The summed E-state index contributed by atoms with van der Waals surface area (Å²) in [4.78, 5) is 22.3. The number of para-hydroxylation sites is 1. The number of fused-ring (bicyclic) bond motifs is 5. The largest absolute Gasteiger partial charge is 0.248 e. The minimum Gasteiger partial charge on any atom is -0.248 e. The molecule has 0 amide bonds. The van der Waals surface area contributed by atoms with E-state index in [0.717, 1.165) is 0 Å². The van der Waals surface area contributed by atoms with Crippen LogP contribution < -0.4 is 0 Å². The molecule has 0 atom stereocenters. The Labute approximate surface area is 297 Å². The van der Waals surface area contributed by atoms with Gasteiger partial charge in [-0.15, -0.1) is 0 Å². The highest BCUT2D eigenvalue weighted by atomic mass is 19.2. The molecule has 8 aromatic rings. The smallest absolute Gasteiger partial charge is 0.200 e. The van der Waals surface area contributed by atoms with Gasteiger partial charge in [0.1, 0.15) is 0 Å². The van der Waals surface area contributed by atoms with Crippen molar-refractivity contribution in [3.05, 3.63) is 161 Å². The molecule has 8 rings (SSSR count). The zero-order chi connectivity index (χ0) is 37.0. The third-order valence-electron chi connectivity index (χ3n) is 8.92. The lowest BCUT2D eigenvalue weighted by molar-refractivity contribution is 0.381. The molecule has 0 spiro atoms. The zero-order valence-electron chi connectivity index (χ0n) is 26.9. The van der Waals surface area contributed by atoms with Gasteiger partial charge in [0.15, 0.2) is 34.6 Å². The average molecular weight is 701 g/mol. The molecule has 0 N–H and O–H groups in total. The minimum atomic E-state index is -2.28. The lowest BCUT2D eigenvalue weighted by Crippen LogP contribution is -2.05. The van der Waals surface area contributed by atoms with Crippen LogP contribution in [-0.2, 0) is 0 Å². The van der Waals surface area contributed by atoms with Gasteiger partial charge in [-0.1, -0.05) is 78.9 Å². The second kappa shape index (κ2) is 12.6. The number of benzene rings is 6. The first-order valence-electron chi connectivity index (χ1n) is 15.8. The molecular weight excluding hydrogens is 683 g/mol. The number of nitriles is 1. The molecule has 0 aliphatic rings. The standard InChI is InChI=1S/C42H17F5N6/c1-49-24-17-15-23(16-18-24)39-40(22-13-11-21(20-48)12-14-22)53-42-30(52-39)19-29(50-2)33-31(42)27-9-5-6-10-28(27)51-41(33)26-8-4-3-7-25(26)32-34(43)36(45)38(47)37(46)35(32)44/h3-19H. The van der Waals surface area contributed by atoms with Crippen LogP contribution in [0.4, 0.5) is 33.3 Å². The van der Waals surface area contributed by atoms with E-state index in [9.17, 15) is 18.4 Å². The number of nitrogens with zero attached hydrogens (tertiary/aromatic N) is 6. The molecule has 0 aliphatic heterocycles. The Hall–Kier alpha value is -7.55. The van der Waals surface area contributed by atoms with Crippen molar-refractivity contribution in [2.75, 3.05) is 0 Å². The van der Waals surface area contributed by atoms with Gasteiger partial charge in [-0.05, 0) is 35.4 Å². The molecular formula is C42H17F5N6. The number of hydrogen-bond acceptors (Lipinski definition) is 4. The van der Waals surface area contributed by atoms with Gasteiger partial charge in [-0.2, -0.15) is 5.26 Å².